The molecule has 0 aromatic rings. The van der Waals surface area contributed by atoms with E-state index in [1.165, 1.54) is 141 Å². The standard InChI is InChI=1S/C31H62O4S.Na/c1-3-5-7-9-11-13-14-15-16-17-18-19-21-23-25-27-29-31(30-35-36(32,33)34)28-26-24-22-20-12-10-8-6-4-2;/h26,28,31H,3-25,27,29-30H2,1-2H3,(H,32,33,34);/q;+1/p-1/b28-26+;. The van der Waals surface area contributed by atoms with Crippen LogP contribution in [-0.2, 0) is 14.6 Å². The van der Waals surface area contributed by atoms with Crippen molar-refractivity contribution in [1.82, 2.24) is 0 Å². The number of hydrogen-bond acceptors (Lipinski definition) is 4. The van der Waals surface area contributed by atoms with E-state index in [1.807, 2.05) is 0 Å². The van der Waals surface area contributed by atoms with E-state index in [0.29, 0.717) is 0 Å². The fourth-order valence-corrected chi connectivity index (χ4v) is 5.21. The number of allylic oxidation sites excluding steroid dienone is 1. The zero-order valence-electron chi connectivity index (χ0n) is 25.2. The molecular weight excluding hydrogens is 491 g/mol. The van der Waals surface area contributed by atoms with E-state index in [-0.39, 0.29) is 42.1 Å². The van der Waals surface area contributed by atoms with Crippen molar-refractivity contribution < 1.29 is 46.7 Å². The van der Waals surface area contributed by atoms with E-state index in [4.69, 9.17) is 0 Å². The Hall–Kier alpha value is 0.610. The summed E-state index contributed by atoms with van der Waals surface area (Å²) in [5.41, 5.74) is 0. The van der Waals surface area contributed by atoms with Gasteiger partial charge in [-0.1, -0.05) is 167 Å². The molecule has 0 aromatic carbocycles. The van der Waals surface area contributed by atoms with Crippen LogP contribution in [0.15, 0.2) is 12.2 Å². The maximum atomic E-state index is 10.9. The molecule has 0 aliphatic rings. The molecule has 0 aromatic heterocycles. The summed E-state index contributed by atoms with van der Waals surface area (Å²) in [4.78, 5) is 0. The van der Waals surface area contributed by atoms with Gasteiger partial charge < -0.3 is 4.55 Å². The molecule has 0 aliphatic heterocycles. The van der Waals surface area contributed by atoms with Crippen LogP contribution in [0.4, 0.5) is 0 Å². The Morgan fingerprint density at radius 2 is 0.946 bits per heavy atom. The van der Waals surface area contributed by atoms with Gasteiger partial charge in [-0.05, 0) is 19.3 Å². The zero-order valence-corrected chi connectivity index (χ0v) is 28.0. The Morgan fingerprint density at radius 1 is 0.595 bits per heavy atom. The molecule has 0 fully saturated rings. The minimum atomic E-state index is -4.61. The number of unbranched alkanes of at least 4 members (excludes halogenated alkanes) is 22. The minimum absolute atomic E-state index is 0. The SMILES string of the molecule is CCCCCCCCC/C=C/C(CCCCCCCCCCCCCCCCCC)COS(=O)(=O)[O-].[Na+]. The van der Waals surface area contributed by atoms with Crippen LogP contribution in [0.3, 0.4) is 0 Å². The molecule has 0 amide bonds. The van der Waals surface area contributed by atoms with Gasteiger partial charge in [-0.25, -0.2) is 8.42 Å². The Kier molecular flexibility index (Phi) is 33.5. The smallest absolute Gasteiger partial charge is 0.726 e. The third-order valence-electron chi connectivity index (χ3n) is 7.24. The average Bonchev–Trinajstić information content (AvgIpc) is 2.84. The quantitative estimate of drug-likeness (QED) is 0.0318. The Balaban J connectivity index is 0. The summed E-state index contributed by atoms with van der Waals surface area (Å²) in [5.74, 6) is 0.0184. The first-order valence-electron chi connectivity index (χ1n) is 15.8. The van der Waals surface area contributed by atoms with Gasteiger partial charge in [0.1, 0.15) is 0 Å². The Morgan fingerprint density at radius 3 is 1.32 bits per heavy atom. The van der Waals surface area contributed by atoms with Crippen molar-refractivity contribution in [2.24, 2.45) is 5.92 Å². The molecule has 0 heterocycles. The van der Waals surface area contributed by atoms with E-state index in [2.05, 4.69) is 30.2 Å². The van der Waals surface area contributed by atoms with Crippen molar-refractivity contribution in [3.63, 3.8) is 0 Å². The fraction of sp³-hybridized carbons (Fsp3) is 0.935. The average molecular weight is 553 g/mol. The molecule has 1 atom stereocenters. The molecule has 0 saturated carbocycles. The minimum Gasteiger partial charge on any atom is -0.726 e. The van der Waals surface area contributed by atoms with Crippen LogP contribution in [0.5, 0.6) is 0 Å². The van der Waals surface area contributed by atoms with Crippen LogP contribution >= 0.6 is 0 Å². The maximum absolute atomic E-state index is 10.9. The molecule has 0 N–H and O–H groups in total. The molecule has 4 nitrogen and oxygen atoms in total. The van der Waals surface area contributed by atoms with E-state index < -0.39 is 10.4 Å². The molecule has 0 bridgehead atoms. The fourth-order valence-electron chi connectivity index (χ4n) is 4.87. The van der Waals surface area contributed by atoms with Crippen LogP contribution in [0, 0.1) is 5.92 Å². The summed E-state index contributed by atoms with van der Waals surface area (Å²) in [6, 6.07) is 0. The predicted octanol–water partition coefficient (Wildman–Crippen LogP) is 7.43. The molecule has 6 heteroatoms. The van der Waals surface area contributed by atoms with Gasteiger partial charge in [-0.2, -0.15) is 0 Å². The second-order valence-corrected chi connectivity index (χ2v) is 11.9. The van der Waals surface area contributed by atoms with Crippen molar-refractivity contribution >= 4 is 10.4 Å². The molecular formula is C31H61NaO4S. The van der Waals surface area contributed by atoms with Crippen molar-refractivity contribution in [3.8, 4) is 0 Å². The second kappa shape index (κ2) is 31.1. The normalized spacial score (nSPS) is 12.7. The third-order valence-corrected chi connectivity index (χ3v) is 7.66. The van der Waals surface area contributed by atoms with E-state index >= 15 is 0 Å². The largest absolute Gasteiger partial charge is 1.00 e. The van der Waals surface area contributed by atoms with Gasteiger partial charge in [0.25, 0.3) is 0 Å². The molecule has 216 valence electrons. The second-order valence-electron chi connectivity index (χ2n) is 10.9. The molecule has 0 rings (SSSR count). The first-order valence-corrected chi connectivity index (χ1v) is 17.1. The molecule has 0 spiro atoms. The molecule has 1 unspecified atom stereocenters. The summed E-state index contributed by atoms with van der Waals surface area (Å²) in [6.45, 7) is 4.50. The van der Waals surface area contributed by atoms with Crippen LogP contribution in [0.25, 0.3) is 0 Å². The summed E-state index contributed by atoms with van der Waals surface area (Å²) in [6.07, 6.45) is 36.6. The van der Waals surface area contributed by atoms with Gasteiger partial charge in [0, 0.05) is 5.92 Å². The van der Waals surface area contributed by atoms with E-state index in [1.54, 1.807) is 0 Å². The molecule has 37 heavy (non-hydrogen) atoms. The number of rotatable bonds is 29. The van der Waals surface area contributed by atoms with Crippen molar-refractivity contribution in [2.45, 2.75) is 174 Å². The summed E-state index contributed by atoms with van der Waals surface area (Å²) in [5, 5.41) is 0. The van der Waals surface area contributed by atoms with E-state index in [9.17, 15) is 13.0 Å². The van der Waals surface area contributed by atoms with Gasteiger partial charge in [0.2, 0.25) is 10.4 Å². The van der Waals surface area contributed by atoms with Gasteiger partial charge in [0.05, 0.1) is 6.61 Å². The Labute approximate surface area is 254 Å². The summed E-state index contributed by atoms with van der Waals surface area (Å²) >= 11 is 0. The molecule has 0 aliphatic carbocycles. The summed E-state index contributed by atoms with van der Waals surface area (Å²) < 4.78 is 37.2. The van der Waals surface area contributed by atoms with Crippen LogP contribution in [0.2, 0.25) is 0 Å². The van der Waals surface area contributed by atoms with Gasteiger partial charge in [-0.15, -0.1) is 0 Å². The summed E-state index contributed by atoms with van der Waals surface area (Å²) in [7, 11) is -4.61. The van der Waals surface area contributed by atoms with Crippen molar-refractivity contribution in [3.05, 3.63) is 12.2 Å². The molecule has 0 radical (unpaired) electrons. The monoisotopic (exact) mass is 552 g/mol. The van der Waals surface area contributed by atoms with Crippen LogP contribution in [-0.4, -0.2) is 19.6 Å². The van der Waals surface area contributed by atoms with Crippen LogP contribution in [0.1, 0.15) is 174 Å². The third kappa shape index (κ3) is 34.6. The number of hydrogen-bond donors (Lipinski definition) is 0. The van der Waals surface area contributed by atoms with Gasteiger partial charge in [0.15, 0.2) is 0 Å². The predicted molar refractivity (Wildman–Crippen MR) is 155 cm³/mol. The van der Waals surface area contributed by atoms with Crippen molar-refractivity contribution in [2.75, 3.05) is 6.61 Å². The maximum Gasteiger partial charge on any atom is 1.00 e. The first-order chi connectivity index (χ1) is 17.5. The molecule has 0 saturated heterocycles. The Bertz CT molecular complexity index is 566. The first kappa shape index (κ1) is 39.8. The topological polar surface area (TPSA) is 66.4 Å². The van der Waals surface area contributed by atoms with Crippen molar-refractivity contribution in [1.29, 1.82) is 0 Å². The van der Waals surface area contributed by atoms with E-state index in [0.717, 1.165) is 19.3 Å². The van der Waals surface area contributed by atoms with Crippen LogP contribution < -0.4 is 29.6 Å². The zero-order chi connectivity index (χ0) is 26.6. The van der Waals surface area contributed by atoms with Gasteiger partial charge >= 0.3 is 29.6 Å². The van der Waals surface area contributed by atoms with Gasteiger partial charge in [-0.3, -0.25) is 4.18 Å².